The highest BCUT2D eigenvalue weighted by Crippen LogP contribution is 2.40. The van der Waals surface area contributed by atoms with Gasteiger partial charge in [-0.15, -0.1) is 0 Å². The summed E-state index contributed by atoms with van der Waals surface area (Å²) in [5.74, 6) is 2.06. The van der Waals surface area contributed by atoms with Gasteiger partial charge >= 0.3 is 0 Å². The molecule has 2 nitrogen and oxygen atoms in total. The lowest BCUT2D eigenvalue weighted by atomic mass is 10.1. The van der Waals surface area contributed by atoms with E-state index in [4.69, 9.17) is 16.6 Å². The first-order chi connectivity index (χ1) is 10.0. The van der Waals surface area contributed by atoms with Crippen molar-refractivity contribution in [2.75, 3.05) is 0 Å². The van der Waals surface area contributed by atoms with Crippen LogP contribution in [0.1, 0.15) is 43.9 Å². The summed E-state index contributed by atoms with van der Waals surface area (Å²) in [6.45, 7) is 4.38. The lowest BCUT2D eigenvalue weighted by Gasteiger charge is -2.10. The van der Waals surface area contributed by atoms with Crippen LogP contribution in [0.15, 0.2) is 24.3 Å². The monoisotopic (exact) mass is 412 g/mol. The van der Waals surface area contributed by atoms with Crippen LogP contribution in [0.25, 0.3) is 11.4 Å². The number of rotatable bonds is 4. The second-order valence-electron chi connectivity index (χ2n) is 6.09. The van der Waals surface area contributed by atoms with Crippen LogP contribution in [0.2, 0.25) is 5.15 Å². The molecule has 110 valence electrons. The standard InChI is InChI=1S/C17H18ClIN2/c1-10(2)9-14-15(19)16(18)21-17(20-14)13-7-5-12(6-8-13)11-3-4-11/h5-8,10-11H,3-4,9H2,1-2H3. The molecule has 3 rings (SSSR count). The lowest BCUT2D eigenvalue weighted by Crippen LogP contribution is -2.04. The highest BCUT2D eigenvalue weighted by molar-refractivity contribution is 14.1. The Bertz CT molecular complexity index is 649. The predicted molar refractivity (Wildman–Crippen MR) is 95.7 cm³/mol. The maximum absolute atomic E-state index is 6.29. The molecule has 1 heterocycles. The van der Waals surface area contributed by atoms with Crippen LogP contribution >= 0.6 is 34.2 Å². The molecule has 1 aromatic heterocycles. The molecule has 0 atom stereocenters. The van der Waals surface area contributed by atoms with Crippen molar-refractivity contribution in [2.24, 2.45) is 5.92 Å². The van der Waals surface area contributed by atoms with Gasteiger partial charge in [0.25, 0.3) is 0 Å². The second-order valence-corrected chi connectivity index (χ2v) is 7.53. The molecule has 0 unspecified atom stereocenters. The van der Waals surface area contributed by atoms with Crippen molar-refractivity contribution in [1.82, 2.24) is 9.97 Å². The summed E-state index contributed by atoms with van der Waals surface area (Å²) in [5.41, 5.74) is 3.52. The molecule has 21 heavy (non-hydrogen) atoms. The molecule has 0 N–H and O–H groups in total. The van der Waals surface area contributed by atoms with Crippen molar-refractivity contribution in [3.63, 3.8) is 0 Å². The molecule has 0 aliphatic heterocycles. The predicted octanol–water partition coefficient (Wildman–Crippen LogP) is 5.48. The normalized spacial score (nSPS) is 14.7. The lowest BCUT2D eigenvalue weighted by molar-refractivity contribution is 0.632. The summed E-state index contributed by atoms with van der Waals surface area (Å²) >= 11 is 8.53. The minimum atomic E-state index is 0.551. The molecular weight excluding hydrogens is 395 g/mol. The summed E-state index contributed by atoms with van der Waals surface area (Å²) in [6.07, 6.45) is 3.57. The molecule has 0 saturated heterocycles. The molecule has 0 radical (unpaired) electrons. The van der Waals surface area contributed by atoms with Gasteiger partial charge in [-0.1, -0.05) is 49.7 Å². The average Bonchev–Trinajstić information content (AvgIpc) is 3.28. The van der Waals surface area contributed by atoms with Gasteiger partial charge in [0, 0.05) is 5.56 Å². The second kappa shape index (κ2) is 6.21. The van der Waals surface area contributed by atoms with E-state index in [0.717, 1.165) is 33.0 Å². The number of aromatic nitrogens is 2. The molecule has 1 fully saturated rings. The van der Waals surface area contributed by atoms with E-state index in [1.54, 1.807) is 0 Å². The van der Waals surface area contributed by atoms with Gasteiger partial charge in [0.2, 0.25) is 0 Å². The highest BCUT2D eigenvalue weighted by Gasteiger charge is 2.23. The fourth-order valence-corrected chi connectivity index (χ4v) is 3.09. The molecule has 2 aromatic rings. The van der Waals surface area contributed by atoms with Gasteiger partial charge in [-0.2, -0.15) is 0 Å². The first-order valence-electron chi connectivity index (χ1n) is 7.37. The van der Waals surface area contributed by atoms with Crippen LogP contribution in [0, 0.1) is 9.49 Å². The Morgan fingerprint density at radius 3 is 2.43 bits per heavy atom. The zero-order valence-electron chi connectivity index (χ0n) is 12.2. The molecule has 0 amide bonds. The van der Waals surface area contributed by atoms with Gasteiger partial charge in [0.05, 0.1) is 9.26 Å². The third kappa shape index (κ3) is 3.57. The van der Waals surface area contributed by atoms with Crippen molar-refractivity contribution in [2.45, 2.75) is 39.0 Å². The molecule has 0 bridgehead atoms. The zero-order valence-corrected chi connectivity index (χ0v) is 15.1. The Morgan fingerprint density at radius 2 is 1.86 bits per heavy atom. The third-order valence-electron chi connectivity index (χ3n) is 3.70. The number of nitrogens with zero attached hydrogens (tertiary/aromatic N) is 2. The minimum Gasteiger partial charge on any atom is -0.232 e. The van der Waals surface area contributed by atoms with E-state index < -0.39 is 0 Å². The fraction of sp³-hybridized carbons (Fsp3) is 0.412. The van der Waals surface area contributed by atoms with E-state index >= 15 is 0 Å². The number of halogens is 2. The van der Waals surface area contributed by atoms with Gasteiger partial charge in [-0.3, -0.25) is 0 Å². The average molecular weight is 413 g/mol. The largest absolute Gasteiger partial charge is 0.232 e. The van der Waals surface area contributed by atoms with E-state index in [1.165, 1.54) is 18.4 Å². The maximum Gasteiger partial charge on any atom is 0.161 e. The molecule has 1 aliphatic rings. The van der Waals surface area contributed by atoms with Crippen molar-refractivity contribution in [3.8, 4) is 11.4 Å². The molecule has 1 aliphatic carbocycles. The van der Waals surface area contributed by atoms with Gasteiger partial charge in [-0.05, 0) is 59.3 Å². The van der Waals surface area contributed by atoms with Crippen LogP contribution in [0.3, 0.4) is 0 Å². The smallest absolute Gasteiger partial charge is 0.161 e. The van der Waals surface area contributed by atoms with Crippen LogP contribution in [-0.4, -0.2) is 9.97 Å². The Morgan fingerprint density at radius 1 is 1.19 bits per heavy atom. The summed E-state index contributed by atoms with van der Waals surface area (Å²) in [5, 5.41) is 0.558. The van der Waals surface area contributed by atoms with Crippen LogP contribution in [0.4, 0.5) is 0 Å². The number of hydrogen-bond acceptors (Lipinski definition) is 2. The molecule has 1 saturated carbocycles. The Labute approximate surface area is 144 Å². The summed E-state index contributed by atoms with van der Waals surface area (Å²) < 4.78 is 0.973. The van der Waals surface area contributed by atoms with Gasteiger partial charge < -0.3 is 0 Å². The summed E-state index contributed by atoms with van der Waals surface area (Å²) in [4.78, 5) is 9.18. The topological polar surface area (TPSA) is 25.8 Å². The Balaban J connectivity index is 1.95. The van der Waals surface area contributed by atoms with E-state index in [2.05, 4.69) is 65.7 Å². The quantitative estimate of drug-likeness (QED) is 0.491. The van der Waals surface area contributed by atoms with Crippen molar-refractivity contribution in [1.29, 1.82) is 0 Å². The van der Waals surface area contributed by atoms with Crippen molar-refractivity contribution < 1.29 is 0 Å². The van der Waals surface area contributed by atoms with Gasteiger partial charge in [0.15, 0.2) is 5.82 Å². The van der Waals surface area contributed by atoms with Crippen LogP contribution < -0.4 is 0 Å². The van der Waals surface area contributed by atoms with Gasteiger partial charge in [0.1, 0.15) is 5.15 Å². The minimum absolute atomic E-state index is 0.551. The fourth-order valence-electron chi connectivity index (χ4n) is 2.44. The van der Waals surface area contributed by atoms with E-state index in [-0.39, 0.29) is 0 Å². The first kappa shape index (κ1) is 15.2. The molecule has 0 spiro atoms. The molecule has 1 aromatic carbocycles. The molecular formula is C17H18ClIN2. The zero-order chi connectivity index (χ0) is 15.0. The number of benzene rings is 1. The van der Waals surface area contributed by atoms with Gasteiger partial charge in [-0.25, -0.2) is 9.97 Å². The first-order valence-corrected chi connectivity index (χ1v) is 8.82. The summed E-state index contributed by atoms with van der Waals surface area (Å²) in [7, 11) is 0. The van der Waals surface area contributed by atoms with E-state index in [9.17, 15) is 0 Å². The number of hydrogen-bond donors (Lipinski definition) is 0. The third-order valence-corrected chi connectivity index (χ3v) is 5.42. The van der Waals surface area contributed by atoms with Crippen molar-refractivity contribution >= 4 is 34.2 Å². The highest BCUT2D eigenvalue weighted by atomic mass is 127. The Hall–Kier alpha value is -0.680. The van der Waals surface area contributed by atoms with Crippen LogP contribution in [-0.2, 0) is 6.42 Å². The van der Waals surface area contributed by atoms with E-state index in [0.29, 0.717) is 11.1 Å². The Kier molecular flexibility index (Phi) is 4.50. The van der Waals surface area contributed by atoms with E-state index in [1.807, 2.05) is 0 Å². The SMILES string of the molecule is CC(C)Cc1nc(-c2ccc(C3CC3)cc2)nc(Cl)c1I. The maximum atomic E-state index is 6.29. The van der Waals surface area contributed by atoms with Crippen LogP contribution in [0.5, 0.6) is 0 Å². The summed E-state index contributed by atoms with van der Waals surface area (Å²) in [6, 6.07) is 8.63. The van der Waals surface area contributed by atoms with Crippen molar-refractivity contribution in [3.05, 3.63) is 44.2 Å². The molecule has 4 heteroatoms.